The normalized spacial score (nSPS) is 13.3. The average Bonchev–Trinajstić information content (AvgIpc) is 2.88. The number of aliphatic hydroxyl groups excluding tert-OH is 1. The number of likely N-dealkylation sites (N-methyl/N-ethyl adjacent to an activating group) is 1. The Hall–Kier alpha value is -3.09. The van der Waals surface area contributed by atoms with Crippen LogP contribution in [0.25, 0.3) is 0 Å². The molecule has 1 atom stereocenters. The molecule has 0 bridgehead atoms. The number of aliphatic hydroxyl groups is 1. The third-order valence-corrected chi connectivity index (χ3v) is 7.72. The predicted octanol–water partition coefficient (Wildman–Crippen LogP) is 4.00. The van der Waals surface area contributed by atoms with Crippen molar-refractivity contribution in [1.29, 1.82) is 0 Å². The van der Waals surface area contributed by atoms with Gasteiger partial charge in [0.2, 0.25) is 5.91 Å². The topological polar surface area (TPSA) is 138 Å². The molecule has 10 nitrogen and oxygen atoms in total. The van der Waals surface area contributed by atoms with Crippen LogP contribution in [0.15, 0.2) is 59.5 Å². The molecule has 1 aliphatic rings. The number of aromatic nitrogens is 1. The van der Waals surface area contributed by atoms with E-state index in [0.717, 1.165) is 4.31 Å². The SMILES string of the molecule is CNC(=O)C(C)O.O=C(Nc1ccc2c(n1)N(S(=O)(=O)c1cccc(Cl)c1)CCO2)c1c(Cl)cccc1Cl. The van der Waals surface area contributed by atoms with Gasteiger partial charge in [-0.25, -0.2) is 17.7 Å². The molecule has 1 aliphatic heterocycles. The van der Waals surface area contributed by atoms with Crippen molar-refractivity contribution in [3.63, 3.8) is 0 Å². The lowest BCUT2D eigenvalue weighted by molar-refractivity contribution is -0.127. The Morgan fingerprint density at radius 1 is 1.08 bits per heavy atom. The van der Waals surface area contributed by atoms with Gasteiger partial charge in [-0.2, -0.15) is 0 Å². The standard InChI is InChI=1S/C20H14Cl3N3O4S.C4H9NO2/c21-12-3-1-4-13(11-12)31(28,29)26-9-10-30-16-7-8-17(24-19(16)26)25-20(27)18-14(22)5-2-6-15(18)23;1-3(6)4(7)5-2/h1-8,11H,9-10H2,(H,24,25,27);3,6H,1-2H3,(H,5,7). The van der Waals surface area contributed by atoms with Crippen molar-refractivity contribution in [2.75, 3.05) is 29.8 Å². The highest BCUT2D eigenvalue weighted by Gasteiger charge is 2.32. The van der Waals surface area contributed by atoms with E-state index in [1.807, 2.05) is 0 Å². The number of amides is 2. The largest absolute Gasteiger partial charge is 0.488 e. The molecule has 202 valence electrons. The number of ether oxygens (including phenoxy) is 1. The van der Waals surface area contributed by atoms with Gasteiger partial charge >= 0.3 is 0 Å². The van der Waals surface area contributed by atoms with Gasteiger partial charge in [0.05, 0.1) is 27.0 Å². The lowest BCUT2D eigenvalue weighted by Crippen LogP contribution is -2.38. The van der Waals surface area contributed by atoms with Gasteiger partial charge in [0.1, 0.15) is 18.5 Å². The summed E-state index contributed by atoms with van der Waals surface area (Å²) in [5.41, 5.74) is 0.0880. The van der Waals surface area contributed by atoms with Crippen LogP contribution < -0.4 is 19.7 Å². The molecule has 3 aromatic rings. The number of anilines is 2. The van der Waals surface area contributed by atoms with Gasteiger partial charge < -0.3 is 20.5 Å². The molecule has 2 heterocycles. The summed E-state index contributed by atoms with van der Waals surface area (Å²) in [7, 11) is -2.48. The first-order chi connectivity index (χ1) is 17.9. The summed E-state index contributed by atoms with van der Waals surface area (Å²) in [5.74, 6) is -0.500. The molecule has 3 N–H and O–H groups in total. The van der Waals surface area contributed by atoms with Crippen molar-refractivity contribution >= 4 is 68.3 Å². The summed E-state index contributed by atoms with van der Waals surface area (Å²) >= 11 is 18.1. The number of pyridine rings is 1. The van der Waals surface area contributed by atoms with Crippen LogP contribution in [-0.2, 0) is 14.8 Å². The number of nitrogens with zero attached hydrogens (tertiary/aromatic N) is 2. The fraction of sp³-hybridized carbons (Fsp3) is 0.208. The van der Waals surface area contributed by atoms with E-state index in [1.165, 1.54) is 50.4 Å². The highest BCUT2D eigenvalue weighted by molar-refractivity contribution is 7.92. The van der Waals surface area contributed by atoms with E-state index in [2.05, 4.69) is 15.6 Å². The fourth-order valence-electron chi connectivity index (χ4n) is 3.23. The van der Waals surface area contributed by atoms with Crippen molar-refractivity contribution in [2.24, 2.45) is 0 Å². The average molecular weight is 602 g/mol. The van der Waals surface area contributed by atoms with Crippen LogP contribution in [0.4, 0.5) is 11.6 Å². The van der Waals surface area contributed by atoms with E-state index in [0.29, 0.717) is 5.02 Å². The lowest BCUT2D eigenvalue weighted by Gasteiger charge is -2.29. The Kier molecular flexibility index (Phi) is 9.80. The maximum Gasteiger partial charge on any atom is 0.265 e. The number of rotatable bonds is 5. The molecule has 14 heteroatoms. The summed E-state index contributed by atoms with van der Waals surface area (Å²) in [6.07, 6.45) is -0.884. The minimum Gasteiger partial charge on any atom is -0.488 e. The molecule has 4 rings (SSSR count). The number of carbonyl (C=O) groups excluding carboxylic acids is 2. The molecule has 0 fully saturated rings. The van der Waals surface area contributed by atoms with Gasteiger partial charge in [0.25, 0.3) is 15.9 Å². The minimum absolute atomic E-state index is 0.0203. The molecule has 1 unspecified atom stereocenters. The lowest BCUT2D eigenvalue weighted by atomic mass is 10.2. The van der Waals surface area contributed by atoms with Crippen molar-refractivity contribution in [3.05, 3.63) is 75.2 Å². The molecule has 0 radical (unpaired) electrons. The van der Waals surface area contributed by atoms with Gasteiger partial charge in [-0.05, 0) is 49.4 Å². The quantitative estimate of drug-likeness (QED) is 0.402. The second-order valence-electron chi connectivity index (χ2n) is 7.74. The maximum atomic E-state index is 13.2. The van der Waals surface area contributed by atoms with Crippen LogP contribution in [0.5, 0.6) is 5.75 Å². The Morgan fingerprint density at radius 2 is 1.74 bits per heavy atom. The number of hydrogen-bond donors (Lipinski definition) is 3. The minimum atomic E-state index is -3.96. The second-order valence-corrected chi connectivity index (χ2v) is 10.9. The van der Waals surface area contributed by atoms with Gasteiger partial charge in [-0.3, -0.25) is 9.59 Å². The summed E-state index contributed by atoms with van der Waals surface area (Å²) in [6.45, 7) is 1.61. The van der Waals surface area contributed by atoms with Crippen LogP contribution in [0, 0.1) is 0 Å². The number of sulfonamides is 1. The molecular weight excluding hydrogens is 579 g/mol. The number of fused-ring (bicyclic) bond motifs is 1. The number of nitrogens with one attached hydrogen (secondary N) is 2. The van der Waals surface area contributed by atoms with E-state index in [9.17, 15) is 18.0 Å². The zero-order valence-electron chi connectivity index (χ0n) is 20.1. The Morgan fingerprint density at radius 3 is 2.32 bits per heavy atom. The molecule has 1 aromatic heterocycles. The highest BCUT2D eigenvalue weighted by atomic mass is 35.5. The van der Waals surface area contributed by atoms with Crippen molar-refractivity contribution in [1.82, 2.24) is 10.3 Å². The van der Waals surface area contributed by atoms with E-state index in [1.54, 1.807) is 18.2 Å². The monoisotopic (exact) mass is 600 g/mol. The molecule has 38 heavy (non-hydrogen) atoms. The van der Waals surface area contributed by atoms with Crippen molar-refractivity contribution < 1.29 is 27.9 Å². The van der Waals surface area contributed by atoms with E-state index in [-0.39, 0.29) is 56.9 Å². The summed E-state index contributed by atoms with van der Waals surface area (Å²) < 4.78 is 33.1. The smallest absolute Gasteiger partial charge is 0.265 e. The van der Waals surface area contributed by atoms with Gasteiger partial charge in [0.15, 0.2) is 11.6 Å². The van der Waals surface area contributed by atoms with Gasteiger partial charge in [-0.1, -0.05) is 46.9 Å². The van der Waals surface area contributed by atoms with E-state index in [4.69, 9.17) is 44.6 Å². The Labute approximate surface area is 234 Å². The van der Waals surface area contributed by atoms with Crippen LogP contribution in [0.3, 0.4) is 0 Å². The molecule has 2 aromatic carbocycles. The van der Waals surface area contributed by atoms with Crippen LogP contribution in [-0.4, -0.2) is 56.6 Å². The third kappa shape index (κ3) is 6.86. The number of hydrogen-bond acceptors (Lipinski definition) is 7. The van der Waals surface area contributed by atoms with Crippen molar-refractivity contribution in [2.45, 2.75) is 17.9 Å². The van der Waals surface area contributed by atoms with Crippen LogP contribution in [0.2, 0.25) is 15.1 Å². The Bertz CT molecular complexity index is 1430. The molecule has 0 saturated carbocycles. The summed E-state index contributed by atoms with van der Waals surface area (Å²) in [5, 5.41) is 13.9. The first-order valence-electron chi connectivity index (χ1n) is 11.0. The first kappa shape index (κ1) is 29.5. The van der Waals surface area contributed by atoms with Crippen LogP contribution in [0.1, 0.15) is 17.3 Å². The Balaban J connectivity index is 0.000000505. The van der Waals surface area contributed by atoms with Crippen molar-refractivity contribution in [3.8, 4) is 5.75 Å². The second kappa shape index (κ2) is 12.6. The molecular formula is C24H23Cl3N4O6S. The van der Waals surface area contributed by atoms with E-state index >= 15 is 0 Å². The van der Waals surface area contributed by atoms with Gasteiger partial charge in [-0.15, -0.1) is 0 Å². The number of halogens is 3. The molecule has 0 aliphatic carbocycles. The summed E-state index contributed by atoms with van der Waals surface area (Å²) in [4.78, 5) is 27.1. The third-order valence-electron chi connectivity index (χ3n) is 5.07. The number of benzene rings is 2. The summed E-state index contributed by atoms with van der Waals surface area (Å²) in [6, 6.07) is 13.7. The zero-order chi connectivity index (χ0) is 28.0. The first-order valence-corrected chi connectivity index (χ1v) is 13.6. The van der Waals surface area contributed by atoms with Crippen LogP contribution >= 0.6 is 34.8 Å². The molecule has 2 amide bonds. The molecule has 0 saturated heterocycles. The van der Waals surface area contributed by atoms with Gasteiger partial charge in [0, 0.05) is 12.1 Å². The highest BCUT2D eigenvalue weighted by Crippen LogP contribution is 2.35. The maximum absolute atomic E-state index is 13.2. The fourth-order valence-corrected chi connectivity index (χ4v) is 5.51. The zero-order valence-corrected chi connectivity index (χ0v) is 23.2. The molecule has 0 spiro atoms. The number of carbonyl (C=O) groups is 2. The predicted molar refractivity (Wildman–Crippen MR) is 146 cm³/mol. The van der Waals surface area contributed by atoms with E-state index < -0.39 is 22.0 Å².